The molecule has 0 aromatic heterocycles. The Morgan fingerprint density at radius 2 is 1.80 bits per heavy atom. The van der Waals surface area contributed by atoms with Crippen LogP contribution in [-0.4, -0.2) is 0 Å². The van der Waals surface area contributed by atoms with Gasteiger partial charge < -0.3 is 5.32 Å². The van der Waals surface area contributed by atoms with Gasteiger partial charge in [-0.1, -0.05) is 12.1 Å². The molecular formula is C15H11F3N2. The van der Waals surface area contributed by atoms with E-state index in [4.69, 9.17) is 5.26 Å². The lowest BCUT2D eigenvalue weighted by atomic mass is 10.1. The molecular weight excluding hydrogens is 265 g/mol. The van der Waals surface area contributed by atoms with Gasteiger partial charge in [-0.3, -0.25) is 0 Å². The van der Waals surface area contributed by atoms with E-state index in [1.807, 2.05) is 0 Å². The molecule has 0 radical (unpaired) electrons. The maximum absolute atomic E-state index is 13.1. The Kier molecular flexibility index (Phi) is 3.94. The fourth-order valence-corrected chi connectivity index (χ4v) is 1.87. The van der Waals surface area contributed by atoms with E-state index in [0.717, 1.165) is 17.7 Å². The lowest BCUT2D eigenvalue weighted by Crippen LogP contribution is -2.04. The van der Waals surface area contributed by atoms with Gasteiger partial charge in [0.1, 0.15) is 6.07 Å². The van der Waals surface area contributed by atoms with Crippen molar-refractivity contribution in [1.29, 1.82) is 5.26 Å². The van der Waals surface area contributed by atoms with E-state index in [9.17, 15) is 13.2 Å². The number of hydrogen-bond donors (Lipinski definition) is 1. The molecule has 0 saturated carbocycles. The summed E-state index contributed by atoms with van der Waals surface area (Å²) in [7, 11) is 0. The summed E-state index contributed by atoms with van der Waals surface area (Å²) in [4.78, 5) is 0. The highest BCUT2D eigenvalue weighted by molar-refractivity contribution is 5.60. The monoisotopic (exact) mass is 276 g/mol. The minimum absolute atomic E-state index is 0.0895. The van der Waals surface area contributed by atoms with Gasteiger partial charge in [-0.2, -0.15) is 5.26 Å². The maximum Gasteiger partial charge on any atom is 0.194 e. The van der Waals surface area contributed by atoms with Crippen molar-refractivity contribution >= 4 is 5.69 Å². The Bertz CT molecular complexity index is 667. The van der Waals surface area contributed by atoms with Crippen LogP contribution in [0.15, 0.2) is 30.3 Å². The third kappa shape index (κ3) is 2.75. The largest absolute Gasteiger partial charge is 0.380 e. The van der Waals surface area contributed by atoms with Crippen LogP contribution >= 0.6 is 0 Å². The van der Waals surface area contributed by atoms with Crippen molar-refractivity contribution in [1.82, 2.24) is 0 Å². The molecule has 2 aromatic carbocycles. The summed E-state index contributed by atoms with van der Waals surface area (Å²) in [6.45, 7) is 1.88. The number of halogens is 3. The second kappa shape index (κ2) is 5.66. The number of rotatable bonds is 3. The van der Waals surface area contributed by atoms with Gasteiger partial charge >= 0.3 is 0 Å². The van der Waals surface area contributed by atoms with E-state index >= 15 is 0 Å². The van der Waals surface area contributed by atoms with Crippen LogP contribution in [0.1, 0.15) is 16.7 Å². The van der Waals surface area contributed by atoms with Crippen LogP contribution in [0.5, 0.6) is 0 Å². The van der Waals surface area contributed by atoms with Crippen molar-refractivity contribution in [3.63, 3.8) is 0 Å². The van der Waals surface area contributed by atoms with Crippen molar-refractivity contribution < 1.29 is 13.2 Å². The maximum atomic E-state index is 13.1. The van der Waals surface area contributed by atoms with Gasteiger partial charge in [0.25, 0.3) is 0 Å². The quantitative estimate of drug-likeness (QED) is 0.863. The summed E-state index contributed by atoms with van der Waals surface area (Å²) in [5, 5.41) is 12.0. The molecule has 0 aliphatic rings. The number of hydrogen-bond acceptors (Lipinski definition) is 2. The topological polar surface area (TPSA) is 35.8 Å². The standard InChI is InChI=1S/C15H11F3N2/c1-9-3-2-4-14(11(9)7-19)20-8-10-5-12(16)15(18)13(17)6-10/h2-6,20H,8H2,1H3. The van der Waals surface area contributed by atoms with Crippen molar-refractivity contribution in [2.24, 2.45) is 0 Å². The summed E-state index contributed by atoms with van der Waals surface area (Å²) >= 11 is 0. The highest BCUT2D eigenvalue weighted by atomic mass is 19.2. The van der Waals surface area contributed by atoms with Gasteiger partial charge in [0.15, 0.2) is 17.5 Å². The SMILES string of the molecule is Cc1cccc(NCc2cc(F)c(F)c(F)c2)c1C#N. The molecule has 2 rings (SSSR count). The smallest absolute Gasteiger partial charge is 0.194 e. The summed E-state index contributed by atoms with van der Waals surface area (Å²) in [5.74, 6) is -3.94. The molecule has 0 saturated heterocycles. The first kappa shape index (κ1) is 13.9. The van der Waals surface area contributed by atoms with Gasteiger partial charge in [-0.25, -0.2) is 13.2 Å². The molecule has 0 unspecified atom stereocenters. The lowest BCUT2D eigenvalue weighted by Gasteiger charge is -2.10. The van der Waals surface area contributed by atoms with Crippen LogP contribution in [0.2, 0.25) is 0 Å². The van der Waals surface area contributed by atoms with Crippen molar-refractivity contribution in [2.75, 3.05) is 5.32 Å². The average Bonchev–Trinajstić information content (AvgIpc) is 2.42. The second-order valence-corrected chi connectivity index (χ2v) is 4.34. The first-order chi connectivity index (χ1) is 9.52. The molecule has 20 heavy (non-hydrogen) atoms. The molecule has 2 nitrogen and oxygen atoms in total. The summed E-state index contributed by atoms with van der Waals surface area (Å²) in [5.41, 5.74) is 2.09. The normalized spacial score (nSPS) is 10.2. The zero-order chi connectivity index (χ0) is 14.7. The zero-order valence-corrected chi connectivity index (χ0v) is 10.7. The molecule has 2 aromatic rings. The fraction of sp³-hybridized carbons (Fsp3) is 0.133. The first-order valence-corrected chi connectivity index (χ1v) is 5.90. The Hall–Kier alpha value is -2.48. The molecule has 0 fully saturated rings. The van der Waals surface area contributed by atoms with Crippen molar-refractivity contribution in [3.05, 3.63) is 64.5 Å². The van der Waals surface area contributed by atoms with Crippen molar-refractivity contribution in [3.8, 4) is 6.07 Å². The highest BCUT2D eigenvalue weighted by Gasteiger charge is 2.11. The molecule has 0 bridgehead atoms. The van der Waals surface area contributed by atoms with E-state index in [0.29, 0.717) is 11.3 Å². The van der Waals surface area contributed by atoms with Gasteiger partial charge in [0.05, 0.1) is 11.3 Å². The van der Waals surface area contributed by atoms with E-state index in [1.54, 1.807) is 25.1 Å². The molecule has 0 spiro atoms. The van der Waals surface area contributed by atoms with E-state index in [1.165, 1.54) is 0 Å². The molecule has 5 heteroatoms. The predicted octanol–water partition coefficient (Wildman–Crippen LogP) is 3.90. The van der Waals surface area contributed by atoms with Gasteiger partial charge in [-0.15, -0.1) is 0 Å². The Labute approximate surface area is 114 Å². The van der Waals surface area contributed by atoms with Gasteiger partial charge in [-0.05, 0) is 36.2 Å². The average molecular weight is 276 g/mol. The van der Waals surface area contributed by atoms with E-state index < -0.39 is 17.5 Å². The molecule has 0 heterocycles. The Morgan fingerprint density at radius 3 is 2.40 bits per heavy atom. The van der Waals surface area contributed by atoms with E-state index in [2.05, 4.69) is 11.4 Å². The molecule has 102 valence electrons. The Balaban J connectivity index is 2.22. The van der Waals surface area contributed by atoms with Crippen LogP contribution in [0.25, 0.3) is 0 Å². The molecule has 0 atom stereocenters. The summed E-state index contributed by atoms with van der Waals surface area (Å²) < 4.78 is 39.0. The van der Waals surface area contributed by atoms with E-state index in [-0.39, 0.29) is 12.1 Å². The van der Waals surface area contributed by atoms with Gasteiger partial charge in [0, 0.05) is 6.54 Å². The van der Waals surface area contributed by atoms with Crippen LogP contribution in [-0.2, 0) is 6.54 Å². The van der Waals surface area contributed by atoms with Crippen molar-refractivity contribution in [2.45, 2.75) is 13.5 Å². The summed E-state index contributed by atoms with van der Waals surface area (Å²) in [6.07, 6.45) is 0. The zero-order valence-electron chi connectivity index (χ0n) is 10.7. The first-order valence-electron chi connectivity index (χ1n) is 5.90. The van der Waals surface area contributed by atoms with Gasteiger partial charge in [0.2, 0.25) is 0 Å². The number of aryl methyl sites for hydroxylation is 1. The minimum Gasteiger partial charge on any atom is -0.380 e. The van der Waals surface area contributed by atoms with Crippen LogP contribution in [0, 0.1) is 35.7 Å². The Morgan fingerprint density at radius 1 is 1.15 bits per heavy atom. The number of nitrogens with one attached hydrogen (secondary N) is 1. The van der Waals surface area contributed by atoms with Crippen LogP contribution in [0.4, 0.5) is 18.9 Å². The number of benzene rings is 2. The molecule has 1 N–H and O–H groups in total. The van der Waals surface area contributed by atoms with Crippen LogP contribution < -0.4 is 5.32 Å². The minimum atomic E-state index is -1.48. The number of anilines is 1. The number of nitrogens with zero attached hydrogens (tertiary/aromatic N) is 1. The fourth-order valence-electron chi connectivity index (χ4n) is 1.87. The second-order valence-electron chi connectivity index (χ2n) is 4.34. The molecule has 0 amide bonds. The summed E-state index contributed by atoms with van der Waals surface area (Å²) in [6, 6.07) is 9.17. The lowest BCUT2D eigenvalue weighted by molar-refractivity contribution is 0.445. The third-order valence-electron chi connectivity index (χ3n) is 2.91. The third-order valence-corrected chi connectivity index (χ3v) is 2.91. The highest BCUT2D eigenvalue weighted by Crippen LogP contribution is 2.20. The number of nitriles is 1. The molecule has 0 aliphatic carbocycles. The molecule has 0 aliphatic heterocycles. The predicted molar refractivity (Wildman–Crippen MR) is 69.5 cm³/mol. The van der Waals surface area contributed by atoms with Crippen LogP contribution in [0.3, 0.4) is 0 Å².